The Kier molecular flexibility index (Phi) is 8.81. The molecule has 0 spiro atoms. The number of methoxy groups -OCH3 is 1. The summed E-state index contributed by atoms with van der Waals surface area (Å²) < 4.78 is 4.89. The summed E-state index contributed by atoms with van der Waals surface area (Å²) in [6.07, 6.45) is 4.47. The summed E-state index contributed by atoms with van der Waals surface area (Å²) in [4.78, 5) is 24.0. The summed E-state index contributed by atoms with van der Waals surface area (Å²) in [5, 5.41) is 5.93. The third-order valence-electron chi connectivity index (χ3n) is 3.91. The van der Waals surface area contributed by atoms with E-state index in [2.05, 4.69) is 17.6 Å². The number of amides is 1. The van der Waals surface area contributed by atoms with E-state index in [-0.39, 0.29) is 24.3 Å². The molecule has 0 bridgehead atoms. The van der Waals surface area contributed by atoms with Crippen molar-refractivity contribution in [3.05, 3.63) is 0 Å². The Balaban J connectivity index is 0.00000361. The minimum Gasteiger partial charge on any atom is -0.467 e. The lowest BCUT2D eigenvalue weighted by Crippen LogP contribution is -2.56. The molecule has 6 heteroatoms. The molecule has 0 aliphatic heterocycles. The van der Waals surface area contributed by atoms with Crippen LogP contribution >= 0.6 is 12.4 Å². The second kappa shape index (κ2) is 9.19. The van der Waals surface area contributed by atoms with E-state index in [4.69, 9.17) is 4.74 Å². The van der Waals surface area contributed by atoms with Crippen LogP contribution in [0.4, 0.5) is 0 Å². The minimum absolute atomic E-state index is 0. The smallest absolute Gasteiger partial charge is 0.331 e. The summed E-state index contributed by atoms with van der Waals surface area (Å²) in [6, 6.07) is 0. The Bertz CT molecular complexity index is 316. The van der Waals surface area contributed by atoms with Crippen LogP contribution in [0.1, 0.15) is 45.4 Å². The van der Waals surface area contributed by atoms with Crippen molar-refractivity contribution >= 4 is 24.3 Å². The van der Waals surface area contributed by atoms with Gasteiger partial charge in [-0.15, -0.1) is 12.4 Å². The second-order valence-electron chi connectivity index (χ2n) is 5.51. The van der Waals surface area contributed by atoms with E-state index < -0.39 is 5.54 Å². The van der Waals surface area contributed by atoms with Gasteiger partial charge in [-0.25, -0.2) is 4.79 Å². The zero-order chi connectivity index (χ0) is 14.3. The second-order valence-corrected chi connectivity index (χ2v) is 5.51. The van der Waals surface area contributed by atoms with Crippen LogP contribution in [0.3, 0.4) is 0 Å². The van der Waals surface area contributed by atoms with Crippen molar-refractivity contribution < 1.29 is 14.3 Å². The first-order valence-electron chi connectivity index (χ1n) is 7.08. The van der Waals surface area contributed by atoms with Gasteiger partial charge in [0.1, 0.15) is 5.54 Å². The van der Waals surface area contributed by atoms with Gasteiger partial charge in [-0.3, -0.25) is 4.79 Å². The number of halogens is 1. The summed E-state index contributed by atoms with van der Waals surface area (Å²) in [6.45, 7) is 2.98. The van der Waals surface area contributed by atoms with Gasteiger partial charge in [-0.2, -0.15) is 0 Å². The highest BCUT2D eigenvalue weighted by Gasteiger charge is 2.43. The van der Waals surface area contributed by atoms with E-state index in [1.54, 1.807) is 0 Å². The van der Waals surface area contributed by atoms with E-state index in [0.29, 0.717) is 25.2 Å². The van der Waals surface area contributed by atoms with E-state index >= 15 is 0 Å². The minimum atomic E-state index is -0.794. The molecular weight excluding hydrogens is 280 g/mol. The number of ether oxygens (including phenoxy) is 1. The monoisotopic (exact) mass is 306 g/mol. The van der Waals surface area contributed by atoms with Gasteiger partial charge in [-0.1, -0.05) is 6.92 Å². The molecule has 0 saturated heterocycles. The predicted molar refractivity (Wildman–Crippen MR) is 80.9 cm³/mol. The normalized spacial score (nSPS) is 25.4. The molecule has 1 rings (SSSR count). The summed E-state index contributed by atoms with van der Waals surface area (Å²) in [5.74, 6) is 0.246. The molecule has 1 aliphatic rings. The van der Waals surface area contributed by atoms with Crippen LogP contribution in [-0.4, -0.2) is 38.1 Å². The number of rotatable bonds is 6. The van der Waals surface area contributed by atoms with Gasteiger partial charge in [-0.05, 0) is 51.6 Å². The Morgan fingerprint density at radius 1 is 1.30 bits per heavy atom. The first-order valence-corrected chi connectivity index (χ1v) is 7.08. The van der Waals surface area contributed by atoms with Crippen LogP contribution < -0.4 is 10.6 Å². The highest BCUT2D eigenvalue weighted by atomic mass is 35.5. The van der Waals surface area contributed by atoms with Gasteiger partial charge >= 0.3 is 5.97 Å². The van der Waals surface area contributed by atoms with E-state index in [9.17, 15) is 9.59 Å². The summed E-state index contributed by atoms with van der Waals surface area (Å²) in [7, 11) is 3.24. The molecule has 0 heterocycles. The van der Waals surface area contributed by atoms with E-state index in [0.717, 1.165) is 25.8 Å². The van der Waals surface area contributed by atoms with Crippen LogP contribution in [0.5, 0.6) is 0 Å². The molecule has 2 N–H and O–H groups in total. The molecule has 20 heavy (non-hydrogen) atoms. The molecule has 1 saturated carbocycles. The first-order chi connectivity index (χ1) is 9.04. The number of carbonyl (C=O) groups excluding carboxylic acids is 2. The van der Waals surface area contributed by atoms with Gasteiger partial charge in [0.15, 0.2) is 0 Å². The summed E-state index contributed by atoms with van der Waals surface area (Å²) >= 11 is 0. The molecule has 0 unspecified atom stereocenters. The predicted octanol–water partition coefficient (Wildman–Crippen LogP) is 1.65. The van der Waals surface area contributed by atoms with Gasteiger partial charge in [0.05, 0.1) is 7.11 Å². The van der Waals surface area contributed by atoms with Crippen molar-refractivity contribution in [1.29, 1.82) is 0 Å². The number of esters is 1. The molecule has 0 aromatic carbocycles. The number of hydrogen-bond acceptors (Lipinski definition) is 4. The van der Waals surface area contributed by atoms with Crippen LogP contribution in [0, 0.1) is 5.92 Å². The molecular formula is C14H27ClN2O3. The Hall–Kier alpha value is -0.810. The summed E-state index contributed by atoms with van der Waals surface area (Å²) in [5.41, 5.74) is -0.794. The molecule has 1 aliphatic carbocycles. The fourth-order valence-electron chi connectivity index (χ4n) is 2.59. The van der Waals surface area contributed by atoms with Crippen molar-refractivity contribution in [1.82, 2.24) is 10.6 Å². The highest BCUT2D eigenvalue weighted by molar-refractivity contribution is 5.88. The topological polar surface area (TPSA) is 67.4 Å². The van der Waals surface area contributed by atoms with Crippen molar-refractivity contribution in [3.63, 3.8) is 0 Å². The van der Waals surface area contributed by atoms with Gasteiger partial charge < -0.3 is 15.4 Å². The molecule has 0 atom stereocenters. The third-order valence-corrected chi connectivity index (χ3v) is 3.91. The first kappa shape index (κ1) is 19.2. The maximum atomic E-state index is 12.0. The zero-order valence-corrected chi connectivity index (χ0v) is 13.5. The Morgan fingerprint density at radius 2 is 1.90 bits per heavy atom. The average molecular weight is 307 g/mol. The van der Waals surface area contributed by atoms with Crippen molar-refractivity contribution in [2.45, 2.75) is 51.0 Å². The van der Waals surface area contributed by atoms with Crippen LogP contribution in [-0.2, 0) is 14.3 Å². The number of carbonyl (C=O) groups is 2. The molecule has 1 amide bonds. The zero-order valence-electron chi connectivity index (χ0n) is 12.7. The SMILES string of the molecule is CNCCCC(=O)NC1(C(=O)OC)CCC(C)CC1.Cl. The maximum Gasteiger partial charge on any atom is 0.331 e. The van der Waals surface area contributed by atoms with Crippen molar-refractivity contribution in [2.75, 3.05) is 20.7 Å². The third kappa shape index (κ3) is 5.29. The van der Waals surface area contributed by atoms with Crippen LogP contribution in [0.2, 0.25) is 0 Å². The Labute approximate surface area is 127 Å². The van der Waals surface area contributed by atoms with Crippen molar-refractivity contribution in [2.24, 2.45) is 5.92 Å². The standard InChI is InChI=1S/C14H26N2O3.ClH/c1-11-6-8-14(9-7-11,13(18)19-3)16-12(17)5-4-10-15-2;/h11,15H,4-10H2,1-3H3,(H,16,17);1H. The molecule has 118 valence electrons. The lowest BCUT2D eigenvalue weighted by atomic mass is 9.77. The lowest BCUT2D eigenvalue weighted by Gasteiger charge is -2.37. The fourth-order valence-corrected chi connectivity index (χ4v) is 2.59. The largest absolute Gasteiger partial charge is 0.467 e. The van der Waals surface area contributed by atoms with Crippen LogP contribution in [0.15, 0.2) is 0 Å². The molecule has 0 aromatic heterocycles. The Morgan fingerprint density at radius 3 is 2.40 bits per heavy atom. The van der Waals surface area contributed by atoms with Gasteiger partial charge in [0.25, 0.3) is 0 Å². The molecule has 1 fully saturated rings. The van der Waals surface area contributed by atoms with Crippen molar-refractivity contribution in [3.8, 4) is 0 Å². The van der Waals surface area contributed by atoms with Gasteiger partial charge in [0, 0.05) is 6.42 Å². The fraction of sp³-hybridized carbons (Fsp3) is 0.857. The average Bonchev–Trinajstić information content (AvgIpc) is 2.41. The number of nitrogens with one attached hydrogen (secondary N) is 2. The molecule has 5 nitrogen and oxygen atoms in total. The van der Waals surface area contributed by atoms with E-state index in [1.807, 2.05) is 7.05 Å². The van der Waals surface area contributed by atoms with Gasteiger partial charge in [0.2, 0.25) is 5.91 Å². The molecule has 0 aromatic rings. The quantitative estimate of drug-likeness (QED) is 0.578. The highest BCUT2D eigenvalue weighted by Crippen LogP contribution is 2.33. The maximum absolute atomic E-state index is 12.0. The molecule has 0 radical (unpaired) electrons. The number of hydrogen-bond donors (Lipinski definition) is 2. The lowest BCUT2D eigenvalue weighted by molar-refractivity contribution is -0.153. The van der Waals surface area contributed by atoms with E-state index in [1.165, 1.54) is 7.11 Å². The van der Waals surface area contributed by atoms with Crippen LogP contribution in [0.25, 0.3) is 0 Å².